The molecule has 122 valence electrons. The fraction of sp³-hybridized carbons (Fsp3) is 0.188. The summed E-state index contributed by atoms with van der Waals surface area (Å²) < 4.78 is 26.9. The molecule has 2 rings (SSSR count). The summed E-state index contributed by atoms with van der Waals surface area (Å²) in [5.41, 5.74) is 1.51. The second-order valence-electron chi connectivity index (χ2n) is 4.98. The average Bonchev–Trinajstić information content (AvgIpc) is 2.47. The molecule has 0 atom stereocenters. The van der Waals surface area contributed by atoms with Crippen molar-refractivity contribution >= 4 is 33.2 Å². The lowest BCUT2D eigenvalue weighted by atomic mass is 10.2. The number of amides is 1. The maximum absolute atomic E-state index is 12.2. The average molecular weight is 353 g/mol. The molecule has 0 heterocycles. The highest BCUT2D eigenvalue weighted by molar-refractivity contribution is 7.89. The minimum atomic E-state index is -3.58. The highest BCUT2D eigenvalue weighted by Gasteiger charge is 2.13. The van der Waals surface area contributed by atoms with Gasteiger partial charge >= 0.3 is 0 Å². The molecule has 0 aliphatic heterocycles. The van der Waals surface area contributed by atoms with E-state index in [4.69, 9.17) is 11.6 Å². The van der Waals surface area contributed by atoms with Crippen molar-refractivity contribution in [2.75, 3.05) is 11.9 Å². The van der Waals surface area contributed by atoms with Gasteiger partial charge in [-0.3, -0.25) is 4.79 Å². The minimum absolute atomic E-state index is 0.151. The summed E-state index contributed by atoms with van der Waals surface area (Å²) >= 11 is 5.89. The van der Waals surface area contributed by atoms with Gasteiger partial charge in [-0.25, -0.2) is 13.1 Å². The summed E-state index contributed by atoms with van der Waals surface area (Å²) in [6.45, 7) is 1.66. The number of nitrogens with one attached hydrogen (secondary N) is 2. The van der Waals surface area contributed by atoms with E-state index >= 15 is 0 Å². The Morgan fingerprint density at radius 3 is 2.43 bits per heavy atom. The number of carbonyl (C=O) groups excluding carboxylic acids is 1. The lowest BCUT2D eigenvalue weighted by Gasteiger charge is -2.08. The first-order chi connectivity index (χ1) is 10.9. The number of hydrogen-bond acceptors (Lipinski definition) is 3. The topological polar surface area (TPSA) is 75.3 Å². The van der Waals surface area contributed by atoms with E-state index in [1.165, 1.54) is 19.1 Å². The molecule has 5 nitrogen and oxygen atoms in total. The second kappa shape index (κ2) is 7.59. The largest absolute Gasteiger partial charge is 0.326 e. The number of carbonyl (C=O) groups is 1. The van der Waals surface area contributed by atoms with Crippen molar-refractivity contribution in [3.63, 3.8) is 0 Å². The Morgan fingerprint density at radius 2 is 1.83 bits per heavy atom. The monoisotopic (exact) mass is 352 g/mol. The zero-order valence-corrected chi connectivity index (χ0v) is 14.1. The molecule has 7 heteroatoms. The van der Waals surface area contributed by atoms with E-state index in [2.05, 4.69) is 10.0 Å². The number of anilines is 1. The summed E-state index contributed by atoms with van der Waals surface area (Å²) in [7, 11) is -3.58. The molecule has 0 fully saturated rings. The molecule has 0 unspecified atom stereocenters. The highest BCUT2D eigenvalue weighted by Crippen LogP contribution is 2.14. The molecule has 23 heavy (non-hydrogen) atoms. The van der Waals surface area contributed by atoms with E-state index in [0.717, 1.165) is 5.56 Å². The fourth-order valence-corrected chi connectivity index (χ4v) is 3.27. The van der Waals surface area contributed by atoms with Gasteiger partial charge in [-0.2, -0.15) is 0 Å². The Labute approximate surface area is 140 Å². The Bertz CT molecular complexity index is 789. The van der Waals surface area contributed by atoms with Gasteiger partial charge < -0.3 is 5.32 Å². The quantitative estimate of drug-likeness (QED) is 0.839. The van der Waals surface area contributed by atoms with Gasteiger partial charge in [0.05, 0.1) is 4.90 Å². The SMILES string of the molecule is CC(=O)Nc1ccc(S(=O)(=O)NCCc2cccc(Cl)c2)cc1. The molecule has 2 aromatic rings. The summed E-state index contributed by atoms with van der Waals surface area (Å²) in [6, 6.07) is 13.3. The molecule has 0 aromatic heterocycles. The van der Waals surface area contributed by atoms with Crippen LogP contribution >= 0.6 is 11.6 Å². The van der Waals surface area contributed by atoms with E-state index in [-0.39, 0.29) is 17.3 Å². The third-order valence-corrected chi connectivity index (χ3v) is 4.79. The van der Waals surface area contributed by atoms with Crippen molar-refractivity contribution in [1.82, 2.24) is 4.72 Å². The van der Waals surface area contributed by atoms with Crippen molar-refractivity contribution in [3.05, 3.63) is 59.1 Å². The van der Waals surface area contributed by atoms with Crippen LogP contribution in [0.25, 0.3) is 0 Å². The second-order valence-corrected chi connectivity index (χ2v) is 7.19. The van der Waals surface area contributed by atoms with Crippen molar-refractivity contribution < 1.29 is 13.2 Å². The molecule has 0 bridgehead atoms. The van der Waals surface area contributed by atoms with Crippen LogP contribution in [-0.4, -0.2) is 20.9 Å². The van der Waals surface area contributed by atoms with Gasteiger partial charge in [-0.05, 0) is 48.4 Å². The van der Waals surface area contributed by atoms with Crippen LogP contribution in [0.1, 0.15) is 12.5 Å². The molecule has 0 aliphatic rings. The maximum atomic E-state index is 12.2. The van der Waals surface area contributed by atoms with E-state index in [0.29, 0.717) is 17.1 Å². The zero-order chi connectivity index (χ0) is 16.9. The third-order valence-electron chi connectivity index (χ3n) is 3.08. The van der Waals surface area contributed by atoms with E-state index in [9.17, 15) is 13.2 Å². The van der Waals surface area contributed by atoms with Crippen molar-refractivity contribution in [1.29, 1.82) is 0 Å². The van der Waals surface area contributed by atoms with Crippen LogP contribution in [0.3, 0.4) is 0 Å². The Balaban J connectivity index is 1.97. The first kappa shape index (κ1) is 17.5. The van der Waals surface area contributed by atoms with Crippen LogP contribution in [0.2, 0.25) is 5.02 Å². The summed E-state index contributed by atoms with van der Waals surface area (Å²) in [4.78, 5) is 11.1. The van der Waals surface area contributed by atoms with E-state index < -0.39 is 10.0 Å². The highest BCUT2D eigenvalue weighted by atomic mass is 35.5. The predicted octanol–water partition coefficient (Wildman–Crippen LogP) is 2.82. The smallest absolute Gasteiger partial charge is 0.240 e. The molecule has 1 amide bonds. The molecular formula is C16H17ClN2O3S. The Hall–Kier alpha value is -1.89. The number of sulfonamides is 1. The summed E-state index contributed by atoms with van der Waals surface area (Å²) in [5.74, 6) is -0.208. The Kier molecular flexibility index (Phi) is 5.76. The van der Waals surface area contributed by atoms with Gasteiger partial charge in [-0.15, -0.1) is 0 Å². The summed E-state index contributed by atoms with van der Waals surface area (Å²) in [6.07, 6.45) is 0.545. The molecule has 0 aliphatic carbocycles. The zero-order valence-electron chi connectivity index (χ0n) is 12.5. The van der Waals surface area contributed by atoms with Gasteiger partial charge in [0, 0.05) is 24.2 Å². The van der Waals surface area contributed by atoms with Gasteiger partial charge in [0.2, 0.25) is 15.9 Å². The van der Waals surface area contributed by atoms with Crippen molar-refractivity contribution in [2.45, 2.75) is 18.2 Å². The van der Waals surface area contributed by atoms with E-state index in [1.807, 2.05) is 12.1 Å². The van der Waals surface area contributed by atoms with Crippen molar-refractivity contribution in [2.24, 2.45) is 0 Å². The first-order valence-electron chi connectivity index (χ1n) is 6.98. The third kappa shape index (κ3) is 5.35. The standard InChI is InChI=1S/C16H17ClN2O3S/c1-12(20)19-15-5-7-16(8-6-15)23(21,22)18-10-9-13-3-2-4-14(17)11-13/h2-8,11,18H,9-10H2,1H3,(H,19,20). The van der Waals surface area contributed by atoms with Crippen LogP contribution in [-0.2, 0) is 21.2 Å². The van der Waals surface area contributed by atoms with Gasteiger partial charge in [-0.1, -0.05) is 23.7 Å². The van der Waals surface area contributed by atoms with Crippen LogP contribution in [0.15, 0.2) is 53.4 Å². The molecule has 0 radical (unpaired) electrons. The minimum Gasteiger partial charge on any atom is -0.326 e. The van der Waals surface area contributed by atoms with Gasteiger partial charge in [0.15, 0.2) is 0 Å². The van der Waals surface area contributed by atoms with Crippen molar-refractivity contribution in [3.8, 4) is 0 Å². The predicted molar refractivity (Wildman–Crippen MR) is 91.1 cm³/mol. The fourth-order valence-electron chi connectivity index (χ4n) is 2.03. The molecule has 0 saturated heterocycles. The molecule has 0 spiro atoms. The molecule has 2 N–H and O–H groups in total. The first-order valence-corrected chi connectivity index (χ1v) is 8.85. The Morgan fingerprint density at radius 1 is 1.13 bits per heavy atom. The lowest BCUT2D eigenvalue weighted by Crippen LogP contribution is -2.26. The molecular weight excluding hydrogens is 336 g/mol. The van der Waals surface area contributed by atoms with E-state index in [1.54, 1.807) is 24.3 Å². The van der Waals surface area contributed by atoms with Crippen LogP contribution in [0.4, 0.5) is 5.69 Å². The number of benzene rings is 2. The van der Waals surface area contributed by atoms with Crippen LogP contribution in [0.5, 0.6) is 0 Å². The van der Waals surface area contributed by atoms with Crippen LogP contribution < -0.4 is 10.0 Å². The number of hydrogen-bond donors (Lipinski definition) is 2. The number of halogens is 1. The maximum Gasteiger partial charge on any atom is 0.240 e. The molecule has 0 saturated carbocycles. The van der Waals surface area contributed by atoms with Crippen LogP contribution in [0, 0.1) is 0 Å². The summed E-state index contributed by atoms with van der Waals surface area (Å²) in [5, 5.41) is 3.21. The molecule has 2 aromatic carbocycles. The van der Waals surface area contributed by atoms with Gasteiger partial charge in [0.1, 0.15) is 0 Å². The lowest BCUT2D eigenvalue weighted by molar-refractivity contribution is -0.114. The van der Waals surface area contributed by atoms with Gasteiger partial charge in [0.25, 0.3) is 0 Å². The normalized spacial score (nSPS) is 11.2. The number of rotatable bonds is 6.